The molecular formula is C16H15F3N10. The molecule has 13 heteroatoms. The van der Waals surface area contributed by atoms with E-state index in [2.05, 4.69) is 40.6 Å². The molecule has 1 fully saturated rings. The summed E-state index contributed by atoms with van der Waals surface area (Å²) in [5.41, 5.74) is -0.182. The number of rotatable bonds is 2. The van der Waals surface area contributed by atoms with Gasteiger partial charge >= 0.3 is 6.18 Å². The number of halogens is 3. The Hall–Kier alpha value is -3.35. The first-order valence-corrected chi connectivity index (χ1v) is 8.84. The van der Waals surface area contributed by atoms with E-state index in [1.54, 1.807) is 0 Å². The van der Waals surface area contributed by atoms with Crippen LogP contribution in [0.2, 0.25) is 0 Å². The number of alkyl halides is 3. The molecule has 1 saturated heterocycles. The average molecular weight is 404 g/mol. The number of nitrogens with zero attached hydrogens (tertiary/aromatic N) is 9. The molecule has 3 aromatic heterocycles. The average Bonchev–Trinajstić information content (AvgIpc) is 3.38. The summed E-state index contributed by atoms with van der Waals surface area (Å²) in [5.74, 6) is 0.554. The number of anilines is 1. The lowest BCUT2D eigenvalue weighted by Gasteiger charge is -2.33. The fourth-order valence-corrected chi connectivity index (χ4v) is 3.48. The van der Waals surface area contributed by atoms with Crippen LogP contribution in [0.15, 0.2) is 18.5 Å². The summed E-state index contributed by atoms with van der Waals surface area (Å²) >= 11 is 0. The molecule has 0 spiro atoms. The van der Waals surface area contributed by atoms with Gasteiger partial charge in [0, 0.05) is 31.7 Å². The molecule has 0 bridgehead atoms. The number of likely N-dealkylation sites (N-methyl/N-ethyl adjacent to an activating group) is 1. The van der Waals surface area contributed by atoms with E-state index in [1.165, 1.54) is 10.6 Å². The molecule has 0 aliphatic carbocycles. The van der Waals surface area contributed by atoms with Crippen molar-refractivity contribution < 1.29 is 13.2 Å². The van der Waals surface area contributed by atoms with Crippen LogP contribution in [0.1, 0.15) is 5.56 Å². The molecule has 4 aromatic rings. The van der Waals surface area contributed by atoms with Crippen molar-refractivity contribution in [2.24, 2.45) is 0 Å². The van der Waals surface area contributed by atoms with Gasteiger partial charge in [-0.3, -0.25) is 5.10 Å². The smallest absolute Gasteiger partial charge is 0.351 e. The quantitative estimate of drug-likeness (QED) is 0.532. The minimum absolute atomic E-state index is 0.0129. The van der Waals surface area contributed by atoms with Crippen molar-refractivity contribution in [3.05, 3.63) is 24.0 Å². The minimum Gasteiger partial charge on any atom is -0.351 e. The van der Waals surface area contributed by atoms with Crippen molar-refractivity contribution in [2.75, 3.05) is 38.1 Å². The van der Waals surface area contributed by atoms with Gasteiger partial charge in [-0.1, -0.05) is 0 Å². The standard InChI is InChI=1S/C16H15F3N10/c1-27-2-4-28(5-3-27)14-15-24-25-26-29(15)12-7-10(16(17,18)19)9(6-11(12)22-14)13-20-8-21-23-13/h6-8H,2-5H2,1H3,(H,20,21,23). The van der Waals surface area contributed by atoms with Crippen LogP contribution in [-0.4, -0.2) is 78.3 Å². The normalized spacial score (nSPS) is 16.2. The zero-order valence-corrected chi connectivity index (χ0v) is 15.2. The lowest BCUT2D eigenvalue weighted by molar-refractivity contribution is -0.137. The van der Waals surface area contributed by atoms with Crippen molar-refractivity contribution in [3.63, 3.8) is 0 Å². The maximum Gasteiger partial charge on any atom is 0.417 e. The number of hydrogen-bond donors (Lipinski definition) is 1. The summed E-state index contributed by atoms with van der Waals surface area (Å²) in [4.78, 5) is 12.7. The molecule has 1 aliphatic rings. The van der Waals surface area contributed by atoms with Crippen LogP contribution < -0.4 is 4.90 Å². The maximum absolute atomic E-state index is 13.7. The van der Waals surface area contributed by atoms with Gasteiger partial charge in [0.2, 0.25) is 5.65 Å². The minimum atomic E-state index is -4.60. The van der Waals surface area contributed by atoms with E-state index < -0.39 is 11.7 Å². The molecule has 1 N–H and O–H groups in total. The third-order valence-corrected chi connectivity index (χ3v) is 5.02. The Morgan fingerprint density at radius 2 is 1.90 bits per heavy atom. The highest BCUT2D eigenvalue weighted by Gasteiger charge is 2.36. The molecule has 5 rings (SSSR count). The van der Waals surface area contributed by atoms with Gasteiger partial charge < -0.3 is 9.80 Å². The van der Waals surface area contributed by atoms with E-state index in [1.807, 2.05) is 11.9 Å². The highest BCUT2D eigenvalue weighted by molar-refractivity contribution is 5.87. The fourth-order valence-electron chi connectivity index (χ4n) is 3.48. The van der Waals surface area contributed by atoms with Crippen molar-refractivity contribution >= 4 is 22.5 Å². The van der Waals surface area contributed by atoms with Crippen LogP contribution in [0.25, 0.3) is 28.1 Å². The second-order valence-corrected chi connectivity index (χ2v) is 6.86. The van der Waals surface area contributed by atoms with Gasteiger partial charge in [-0.25, -0.2) is 9.97 Å². The molecule has 0 radical (unpaired) electrons. The number of aromatic amines is 1. The van der Waals surface area contributed by atoms with Gasteiger partial charge in [0.05, 0.1) is 16.6 Å². The summed E-state index contributed by atoms with van der Waals surface area (Å²) in [6.45, 7) is 3.10. The zero-order valence-electron chi connectivity index (χ0n) is 15.2. The number of tetrazole rings is 1. The van der Waals surface area contributed by atoms with Crippen LogP contribution in [0.5, 0.6) is 0 Å². The van der Waals surface area contributed by atoms with Crippen LogP contribution in [-0.2, 0) is 6.18 Å². The number of fused-ring (bicyclic) bond motifs is 3. The van der Waals surface area contributed by atoms with Crippen LogP contribution in [0, 0.1) is 0 Å². The first-order valence-electron chi connectivity index (χ1n) is 8.84. The summed E-state index contributed by atoms with van der Waals surface area (Å²) in [6, 6.07) is 2.34. The molecule has 4 heterocycles. The molecule has 0 amide bonds. The van der Waals surface area contributed by atoms with Gasteiger partial charge in [0.25, 0.3) is 0 Å². The first kappa shape index (κ1) is 17.7. The molecular weight excluding hydrogens is 389 g/mol. The zero-order chi connectivity index (χ0) is 20.2. The number of H-pyrrole nitrogens is 1. The van der Waals surface area contributed by atoms with E-state index in [-0.39, 0.29) is 16.9 Å². The number of hydrogen-bond acceptors (Lipinski definition) is 8. The van der Waals surface area contributed by atoms with Gasteiger partial charge in [0.15, 0.2) is 11.6 Å². The second-order valence-electron chi connectivity index (χ2n) is 6.86. The first-order chi connectivity index (χ1) is 13.9. The van der Waals surface area contributed by atoms with E-state index in [0.29, 0.717) is 30.1 Å². The van der Waals surface area contributed by atoms with Gasteiger partial charge in [-0.15, -0.1) is 5.10 Å². The number of nitrogens with one attached hydrogen (secondary N) is 1. The summed E-state index contributed by atoms with van der Waals surface area (Å²) < 4.78 is 42.5. The van der Waals surface area contributed by atoms with Gasteiger partial charge in [-0.05, 0) is 29.6 Å². The number of aromatic nitrogens is 8. The molecule has 0 saturated carbocycles. The van der Waals surface area contributed by atoms with Gasteiger partial charge in [0.1, 0.15) is 6.33 Å². The lowest BCUT2D eigenvalue weighted by Crippen LogP contribution is -2.45. The van der Waals surface area contributed by atoms with E-state index >= 15 is 0 Å². The van der Waals surface area contributed by atoms with Crippen LogP contribution in [0.4, 0.5) is 19.0 Å². The molecule has 150 valence electrons. The van der Waals surface area contributed by atoms with E-state index in [4.69, 9.17) is 0 Å². The Morgan fingerprint density at radius 3 is 2.59 bits per heavy atom. The van der Waals surface area contributed by atoms with Gasteiger partial charge in [-0.2, -0.15) is 22.8 Å². The molecule has 0 atom stereocenters. The summed E-state index contributed by atoms with van der Waals surface area (Å²) in [6.07, 6.45) is -3.44. The fraction of sp³-hybridized carbons (Fsp3) is 0.375. The third kappa shape index (κ3) is 2.93. The Morgan fingerprint density at radius 1 is 1.10 bits per heavy atom. The number of benzene rings is 1. The Bertz CT molecular complexity index is 1180. The molecule has 1 aliphatic heterocycles. The highest BCUT2D eigenvalue weighted by atomic mass is 19.4. The molecule has 0 unspecified atom stereocenters. The lowest BCUT2D eigenvalue weighted by atomic mass is 10.0. The molecule has 1 aromatic carbocycles. The SMILES string of the molecule is CN1CCN(c2nc3cc(-c4ncn[nH]4)c(C(F)(F)F)cc3n3nnnc23)CC1. The van der Waals surface area contributed by atoms with Crippen molar-refractivity contribution in [1.29, 1.82) is 0 Å². The largest absolute Gasteiger partial charge is 0.417 e. The van der Waals surface area contributed by atoms with Crippen molar-refractivity contribution in [1.82, 2.24) is 45.1 Å². The predicted octanol–water partition coefficient (Wildman–Crippen LogP) is 1.23. The van der Waals surface area contributed by atoms with E-state index in [9.17, 15) is 13.2 Å². The monoisotopic (exact) mass is 404 g/mol. The Kier molecular flexibility index (Phi) is 3.87. The third-order valence-electron chi connectivity index (χ3n) is 5.02. The Labute approximate surface area is 161 Å². The molecule has 10 nitrogen and oxygen atoms in total. The van der Waals surface area contributed by atoms with Crippen molar-refractivity contribution in [3.8, 4) is 11.4 Å². The van der Waals surface area contributed by atoms with Crippen LogP contribution in [0.3, 0.4) is 0 Å². The van der Waals surface area contributed by atoms with Crippen LogP contribution >= 0.6 is 0 Å². The number of piperazine rings is 1. The molecule has 29 heavy (non-hydrogen) atoms. The highest BCUT2D eigenvalue weighted by Crippen LogP contribution is 2.38. The second kappa shape index (κ2) is 6.34. The summed E-state index contributed by atoms with van der Waals surface area (Å²) in [7, 11) is 2.03. The Balaban J connectivity index is 1.77. The summed E-state index contributed by atoms with van der Waals surface area (Å²) in [5, 5.41) is 17.7. The van der Waals surface area contributed by atoms with E-state index in [0.717, 1.165) is 25.5 Å². The topological polar surface area (TPSA) is 104 Å². The maximum atomic E-state index is 13.7. The van der Waals surface area contributed by atoms with Crippen molar-refractivity contribution in [2.45, 2.75) is 6.18 Å². The predicted molar refractivity (Wildman–Crippen MR) is 96.2 cm³/mol.